The minimum Gasteiger partial charge on any atom is -0.383 e. The first-order valence-electron chi connectivity index (χ1n) is 5.74. The van der Waals surface area contributed by atoms with Crippen molar-refractivity contribution in [1.29, 1.82) is 0 Å². The van der Waals surface area contributed by atoms with Crippen LogP contribution in [0.1, 0.15) is 17.4 Å². The number of carbonyl (C=O) groups is 2. The molecule has 0 aliphatic carbocycles. The van der Waals surface area contributed by atoms with E-state index >= 15 is 0 Å². The number of hydrogen-bond acceptors (Lipinski definition) is 4. The Morgan fingerprint density at radius 1 is 1.32 bits per heavy atom. The molecule has 1 heterocycles. The summed E-state index contributed by atoms with van der Waals surface area (Å²) in [7, 11) is 0. The number of pyridine rings is 1. The second kappa shape index (κ2) is 4.93. The van der Waals surface area contributed by atoms with Crippen molar-refractivity contribution in [2.24, 2.45) is 5.73 Å². The first-order chi connectivity index (χ1) is 8.99. The standard InChI is InChI=1S/C13H14N4O2/c1-7(12(15)18)16-13(19)10-6-8-4-2-3-5-9(8)11(14)17-10/h2-7H,1H3,(H2,14,17)(H2,15,18)(H,16,19). The summed E-state index contributed by atoms with van der Waals surface area (Å²) < 4.78 is 0. The van der Waals surface area contributed by atoms with Gasteiger partial charge in [-0.2, -0.15) is 0 Å². The maximum Gasteiger partial charge on any atom is 0.270 e. The number of rotatable bonds is 3. The average Bonchev–Trinajstić information content (AvgIpc) is 2.38. The van der Waals surface area contributed by atoms with Crippen molar-refractivity contribution < 1.29 is 9.59 Å². The molecule has 0 aliphatic rings. The van der Waals surface area contributed by atoms with Crippen LogP contribution in [0, 0.1) is 0 Å². The van der Waals surface area contributed by atoms with Crippen molar-refractivity contribution in [2.45, 2.75) is 13.0 Å². The molecule has 6 nitrogen and oxygen atoms in total. The molecule has 1 unspecified atom stereocenters. The minimum absolute atomic E-state index is 0.157. The Kier molecular flexibility index (Phi) is 3.33. The first-order valence-corrected chi connectivity index (χ1v) is 5.74. The maximum absolute atomic E-state index is 11.9. The number of nitrogens with one attached hydrogen (secondary N) is 1. The smallest absolute Gasteiger partial charge is 0.270 e. The van der Waals surface area contributed by atoms with Crippen molar-refractivity contribution in [3.63, 3.8) is 0 Å². The molecule has 0 aliphatic heterocycles. The number of benzene rings is 1. The Bertz CT molecular complexity index is 654. The summed E-state index contributed by atoms with van der Waals surface area (Å²) in [5.74, 6) is -0.819. The summed E-state index contributed by atoms with van der Waals surface area (Å²) in [5.41, 5.74) is 11.0. The van der Waals surface area contributed by atoms with Crippen LogP contribution < -0.4 is 16.8 Å². The van der Waals surface area contributed by atoms with Crippen LogP contribution in [0.5, 0.6) is 0 Å². The molecule has 2 amide bonds. The average molecular weight is 258 g/mol. The van der Waals surface area contributed by atoms with Gasteiger partial charge in [-0.25, -0.2) is 4.98 Å². The van der Waals surface area contributed by atoms with Gasteiger partial charge in [-0.15, -0.1) is 0 Å². The quantitative estimate of drug-likeness (QED) is 0.740. The molecule has 98 valence electrons. The predicted octanol–water partition coefficient (Wildman–Crippen LogP) is 0.421. The van der Waals surface area contributed by atoms with Crippen LogP contribution in [0.15, 0.2) is 30.3 Å². The molecule has 6 heteroatoms. The Hall–Kier alpha value is -2.63. The van der Waals surface area contributed by atoms with Gasteiger partial charge in [0.05, 0.1) is 0 Å². The van der Waals surface area contributed by atoms with Gasteiger partial charge in [0.2, 0.25) is 5.91 Å². The van der Waals surface area contributed by atoms with E-state index < -0.39 is 17.9 Å². The third-order valence-electron chi connectivity index (χ3n) is 2.78. The number of primary amides is 1. The third kappa shape index (κ3) is 2.62. The van der Waals surface area contributed by atoms with E-state index in [9.17, 15) is 9.59 Å². The van der Waals surface area contributed by atoms with Gasteiger partial charge in [0.15, 0.2) is 0 Å². The van der Waals surface area contributed by atoms with Crippen LogP contribution in [0.25, 0.3) is 10.8 Å². The van der Waals surface area contributed by atoms with Gasteiger partial charge < -0.3 is 16.8 Å². The summed E-state index contributed by atoms with van der Waals surface area (Å²) in [6.45, 7) is 1.50. The second-order valence-corrected chi connectivity index (χ2v) is 4.21. The van der Waals surface area contributed by atoms with Crippen LogP contribution in [0.2, 0.25) is 0 Å². The predicted molar refractivity (Wildman–Crippen MR) is 72.3 cm³/mol. The molecule has 5 N–H and O–H groups in total. The van der Waals surface area contributed by atoms with E-state index in [1.54, 1.807) is 6.07 Å². The highest BCUT2D eigenvalue weighted by molar-refractivity contribution is 6.01. The maximum atomic E-state index is 11.9. The fourth-order valence-electron chi connectivity index (χ4n) is 1.68. The van der Waals surface area contributed by atoms with E-state index in [1.165, 1.54) is 6.92 Å². The van der Waals surface area contributed by atoms with Crippen LogP contribution in [-0.2, 0) is 4.79 Å². The van der Waals surface area contributed by atoms with Crippen LogP contribution in [-0.4, -0.2) is 22.8 Å². The molecule has 1 aromatic heterocycles. The van der Waals surface area contributed by atoms with E-state index in [-0.39, 0.29) is 11.5 Å². The van der Waals surface area contributed by atoms with Crippen LogP contribution >= 0.6 is 0 Å². The Labute approximate surface area is 109 Å². The first kappa shape index (κ1) is 12.8. The molecule has 1 aromatic carbocycles. The van der Waals surface area contributed by atoms with Crippen LogP contribution in [0.3, 0.4) is 0 Å². The molecular formula is C13H14N4O2. The Morgan fingerprint density at radius 3 is 2.68 bits per heavy atom. The second-order valence-electron chi connectivity index (χ2n) is 4.21. The molecule has 0 spiro atoms. The highest BCUT2D eigenvalue weighted by Crippen LogP contribution is 2.19. The molecule has 2 aromatic rings. The topological polar surface area (TPSA) is 111 Å². The van der Waals surface area contributed by atoms with E-state index in [0.717, 1.165) is 10.8 Å². The minimum atomic E-state index is -0.762. The third-order valence-corrected chi connectivity index (χ3v) is 2.78. The van der Waals surface area contributed by atoms with Crippen molar-refractivity contribution in [3.05, 3.63) is 36.0 Å². The lowest BCUT2D eigenvalue weighted by molar-refractivity contribution is -0.119. The van der Waals surface area contributed by atoms with Crippen molar-refractivity contribution in [2.75, 3.05) is 5.73 Å². The number of nitrogen functional groups attached to an aromatic ring is 1. The molecule has 19 heavy (non-hydrogen) atoms. The van der Waals surface area contributed by atoms with Crippen molar-refractivity contribution >= 4 is 28.4 Å². The summed E-state index contributed by atoms with van der Waals surface area (Å²) in [5, 5.41) is 4.05. The molecule has 2 rings (SSSR count). The highest BCUT2D eigenvalue weighted by Gasteiger charge is 2.16. The normalized spacial score (nSPS) is 12.1. The Morgan fingerprint density at radius 2 is 2.00 bits per heavy atom. The zero-order valence-electron chi connectivity index (χ0n) is 10.4. The zero-order valence-corrected chi connectivity index (χ0v) is 10.4. The number of amides is 2. The summed E-state index contributed by atoms with van der Waals surface area (Å²) in [4.78, 5) is 26.9. The largest absolute Gasteiger partial charge is 0.383 e. The molecular weight excluding hydrogens is 244 g/mol. The number of hydrogen-bond donors (Lipinski definition) is 3. The highest BCUT2D eigenvalue weighted by atomic mass is 16.2. The Balaban J connectivity index is 2.35. The van der Waals surface area contributed by atoms with E-state index in [1.807, 2.05) is 24.3 Å². The number of nitrogens with zero attached hydrogens (tertiary/aromatic N) is 1. The summed E-state index contributed by atoms with van der Waals surface area (Å²) in [6.07, 6.45) is 0. The van der Waals surface area contributed by atoms with Gasteiger partial charge in [-0.05, 0) is 18.4 Å². The molecule has 1 atom stereocenters. The number of carbonyl (C=O) groups excluding carboxylic acids is 2. The van der Waals surface area contributed by atoms with Crippen molar-refractivity contribution in [1.82, 2.24) is 10.3 Å². The zero-order chi connectivity index (χ0) is 14.0. The van der Waals surface area contributed by atoms with Crippen LogP contribution in [0.4, 0.5) is 5.82 Å². The number of anilines is 1. The fraction of sp³-hybridized carbons (Fsp3) is 0.154. The summed E-state index contributed by atoms with van der Waals surface area (Å²) >= 11 is 0. The number of nitrogens with two attached hydrogens (primary N) is 2. The number of fused-ring (bicyclic) bond motifs is 1. The van der Waals surface area contributed by atoms with E-state index in [0.29, 0.717) is 0 Å². The molecule has 0 fully saturated rings. The van der Waals surface area contributed by atoms with Gasteiger partial charge in [0.1, 0.15) is 17.6 Å². The van der Waals surface area contributed by atoms with Gasteiger partial charge >= 0.3 is 0 Å². The van der Waals surface area contributed by atoms with E-state index in [4.69, 9.17) is 11.5 Å². The monoisotopic (exact) mass is 258 g/mol. The summed E-state index contributed by atoms with van der Waals surface area (Å²) in [6, 6.07) is 8.20. The van der Waals surface area contributed by atoms with Gasteiger partial charge in [0.25, 0.3) is 5.91 Å². The lowest BCUT2D eigenvalue weighted by Crippen LogP contribution is -2.42. The lowest BCUT2D eigenvalue weighted by Gasteiger charge is -2.10. The van der Waals surface area contributed by atoms with E-state index in [2.05, 4.69) is 10.3 Å². The molecule has 0 bridgehead atoms. The molecule has 0 radical (unpaired) electrons. The molecule has 0 saturated heterocycles. The van der Waals surface area contributed by atoms with Gasteiger partial charge in [-0.1, -0.05) is 24.3 Å². The number of aromatic nitrogens is 1. The fourth-order valence-corrected chi connectivity index (χ4v) is 1.68. The molecule has 0 saturated carbocycles. The van der Waals surface area contributed by atoms with Gasteiger partial charge in [-0.3, -0.25) is 9.59 Å². The lowest BCUT2D eigenvalue weighted by atomic mass is 10.1. The SMILES string of the molecule is CC(NC(=O)c1cc2ccccc2c(N)n1)C(N)=O. The van der Waals surface area contributed by atoms with Crippen molar-refractivity contribution in [3.8, 4) is 0 Å². The van der Waals surface area contributed by atoms with Gasteiger partial charge in [0, 0.05) is 5.39 Å².